The Bertz CT molecular complexity index is 1390. The molecule has 0 aliphatic heterocycles. The number of amides is 1. The molecule has 0 saturated heterocycles. The van der Waals surface area contributed by atoms with E-state index in [4.69, 9.17) is 13.7 Å². The van der Waals surface area contributed by atoms with Crippen molar-refractivity contribution < 1.29 is 40.0 Å². The third kappa shape index (κ3) is 6.97. The first-order chi connectivity index (χ1) is 17.9. The highest BCUT2D eigenvalue weighted by Gasteiger charge is 2.32. The van der Waals surface area contributed by atoms with E-state index in [1.165, 1.54) is 26.4 Å². The van der Waals surface area contributed by atoms with Gasteiger partial charge >= 0.3 is 16.3 Å². The first kappa shape index (κ1) is 28.8. The summed E-state index contributed by atoms with van der Waals surface area (Å²) in [5, 5.41) is 0. The van der Waals surface area contributed by atoms with Gasteiger partial charge in [-0.25, -0.2) is 0 Å². The molecule has 0 N–H and O–H groups in total. The summed E-state index contributed by atoms with van der Waals surface area (Å²) in [5.41, 5.74) is -0.237. The predicted molar refractivity (Wildman–Crippen MR) is 135 cm³/mol. The Labute approximate surface area is 219 Å². The third-order valence-electron chi connectivity index (χ3n) is 5.46. The Morgan fingerprint density at radius 1 is 0.895 bits per heavy atom. The van der Waals surface area contributed by atoms with Crippen molar-refractivity contribution in [2.75, 3.05) is 20.8 Å². The number of carbonyl (C=O) groups excluding carboxylic acids is 1. The SMILES string of the molecule is COc1ccc(CN(CC(C)C)C(=O)c2ccccc2OC)cc1OS(=O)(=O)c1cccc(C(F)(F)F)c1. The summed E-state index contributed by atoms with van der Waals surface area (Å²) >= 11 is 0. The molecule has 0 fully saturated rings. The van der Waals surface area contributed by atoms with E-state index in [1.807, 2.05) is 13.8 Å². The van der Waals surface area contributed by atoms with Gasteiger partial charge in [0.25, 0.3) is 5.91 Å². The lowest BCUT2D eigenvalue weighted by Crippen LogP contribution is -2.34. The van der Waals surface area contributed by atoms with Crippen LogP contribution in [-0.2, 0) is 22.8 Å². The quantitative estimate of drug-likeness (QED) is 0.297. The highest BCUT2D eigenvalue weighted by Crippen LogP contribution is 2.34. The van der Waals surface area contributed by atoms with Crippen molar-refractivity contribution in [2.45, 2.75) is 31.5 Å². The maximum atomic E-state index is 13.4. The summed E-state index contributed by atoms with van der Waals surface area (Å²) in [4.78, 5) is 14.3. The zero-order chi connectivity index (χ0) is 28.1. The number of para-hydroxylation sites is 1. The van der Waals surface area contributed by atoms with Gasteiger partial charge in [-0.1, -0.05) is 38.1 Å². The van der Waals surface area contributed by atoms with Crippen molar-refractivity contribution >= 4 is 16.0 Å². The number of hydrogen-bond donors (Lipinski definition) is 0. The lowest BCUT2D eigenvalue weighted by atomic mass is 10.1. The monoisotopic (exact) mass is 551 g/mol. The molecule has 3 aromatic carbocycles. The van der Waals surface area contributed by atoms with Crippen molar-refractivity contribution in [1.82, 2.24) is 4.90 Å². The number of carbonyl (C=O) groups is 1. The van der Waals surface area contributed by atoms with Gasteiger partial charge in [-0.2, -0.15) is 21.6 Å². The molecule has 0 aromatic heterocycles. The fourth-order valence-electron chi connectivity index (χ4n) is 3.75. The van der Waals surface area contributed by atoms with Crippen LogP contribution >= 0.6 is 0 Å². The minimum absolute atomic E-state index is 0.0516. The summed E-state index contributed by atoms with van der Waals surface area (Å²) in [6, 6.07) is 14.6. The van der Waals surface area contributed by atoms with Crippen LogP contribution in [0.4, 0.5) is 13.2 Å². The molecular formula is C27H28F3NO6S. The molecule has 0 bridgehead atoms. The Balaban J connectivity index is 1.94. The van der Waals surface area contributed by atoms with Crippen LogP contribution in [0.5, 0.6) is 17.2 Å². The van der Waals surface area contributed by atoms with E-state index in [1.54, 1.807) is 35.2 Å². The third-order valence-corrected chi connectivity index (χ3v) is 6.69. The van der Waals surface area contributed by atoms with Gasteiger partial charge in [0.2, 0.25) is 0 Å². The molecule has 0 aliphatic carbocycles. The van der Waals surface area contributed by atoms with Crippen molar-refractivity contribution in [3.05, 3.63) is 83.4 Å². The van der Waals surface area contributed by atoms with E-state index in [9.17, 15) is 26.4 Å². The molecule has 0 aliphatic rings. The van der Waals surface area contributed by atoms with Crippen LogP contribution in [0.1, 0.15) is 35.3 Å². The molecule has 0 radical (unpaired) electrons. The average Bonchev–Trinajstić information content (AvgIpc) is 2.87. The number of rotatable bonds is 10. The Kier molecular flexibility index (Phi) is 8.93. The molecule has 204 valence electrons. The molecular weight excluding hydrogens is 523 g/mol. The minimum atomic E-state index is -4.73. The first-order valence-corrected chi connectivity index (χ1v) is 13.0. The maximum Gasteiger partial charge on any atom is 0.416 e. The zero-order valence-corrected chi connectivity index (χ0v) is 22.1. The van der Waals surface area contributed by atoms with Gasteiger partial charge in [0.1, 0.15) is 10.6 Å². The second-order valence-electron chi connectivity index (χ2n) is 8.83. The molecule has 0 saturated carbocycles. The van der Waals surface area contributed by atoms with Crippen molar-refractivity contribution in [2.24, 2.45) is 5.92 Å². The van der Waals surface area contributed by atoms with Crippen LogP contribution in [0, 0.1) is 5.92 Å². The van der Waals surface area contributed by atoms with Gasteiger partial charge in [0.15, 0.2) is 11.5 Å². The average molecular weight is 552 g/mol. The zero-order valence-electron chi connectivity index (χ0n) is 21.3. The van der Waals surface area contributed by atoms with E-state index < -0.39 is 26.8 Å². The van der Waals surface area contributed by atoms with Crippen molar-refractivity contribution in [3.63, 3.8) is 0 Å². The second-order valence-corrected chi connectivity index (χ2v) is 10.4. The molecule has 11 heteroatoms. The molecule has 0 unspecified atom stereocenters. The Hall–Kier alpha value is -3.73. The minimum Gasteiger partial charge on any atom is -0.496 e. The first-order valence-electron chi connectivity index (χ1n) is 11.6. The van der Waals surface area contributed by atoms with E-state index >= 15 is 0 Å². The summed E-state index contributed by atoms with van der Waals surface area (Å²) in [6.45, 7) is 4.39. The lowest BCUT2D eigenvalue weighted by Gasteiger charge is -2.26. The number of ether oxygens (including phenoxy) is 2. The largest absolute Gasteiger partial charge is 0.496 e. The van der Waals surface area contributed by atoms with E-state index in [0.29, 0.717) is 29.5 Å². The fraction of sp³-hybridized carbons (Fsp3) is 0.296. The number of alkyl halides is 3. The van der Waals surface area contributed by atoms with Gasteiger partial charge < -0.3 is 18.6 Å². The Morgan fingerprint density at radius 3 is 2.21 bits per heavy atom. The Morgan fingerprint density at radius 2 is 1.58 bits per heavy atom. The molecule has 3 rings (SSSR count). The smallest absolute Gasteiger partial charge is 0.416 e. The molecule has 1 amide bonds. The van der Waals surface area contributed by atoms with Crippen molar-refractivity contribution in [1.29, 1.82) is 0 Å². The summed E-state index contributed by atoms with van der Waals surface area (Å²) < 4.78 is 80.8. The van der Waals surface area contributed by atoms with Gasteiger partial charge in [0, 0.05) is 13.1 Å². The van der Waals surface area contributed by atoms with E-state index in [-0.39, 0.29) is 29.9 Å². The topological polar surface area (TPSA) is 82.1 Å². The van der Waals surface area contributed by atoms with Gasteiger partial charge in [-0.15, -0.1) is 0 Å². The summed E-state index contributed by atoms with van der Waals surface area (Å²) in [5.74, 6) is 0.0690. The molecule has 0 atom stereocenters. The second kappa shape index (κ2) is 11.8. The maximum absolute atomic E-state index is 13.4. The lowest BCUT2D eigenvalue weighted by molar-refractivity contribution is -0.137. The highest BCUT2D eigenvalue weighted by molar-refractivity contribution is 7.87. The van der Waals surface area contributed by atoms with Gasteiger partial charge in [0.05, 0.1) is 25.3 Å². The summed E-state index contributed by atoms with van der Waals surface area (Å²) in [6.07, 6.45) is -4.73. The molecule has 0 heterocycles. The number of nitrogens with zero attached hydrogens (tertiary/aromatic N) is 1. The van der Waals surface area contributed by atoms with Crippen LogP contribution in [0.25, 0.3) is 0 Å². The van der Waals surface area contributed by atoms with E-state index in [2.05, 4.69) is 0 Å². The van der Waals surface area contributed by atoms with Crippen LogP contribution in [-0.4, -0.2) is 40.0 Å². The van der Waals surface area contributed by atoms with Gasteiger partial charge in [-0.3, -0.25) is 4.79 Å². The van der Waals surface area contributed by atoms with Crippen LogP contribution in [0.15, 0.2) is 71.6 Å². The van der Waals surface area contributed by atoms with E-state index in [0.717, 1.165) is 18.2 Å². The molecule has 3 aromatic rings. The predicted octanol–water partition coefficient (Wildman–Crippen LogP) is 5.79. The van der Waals surface area contributed by atoms with Crippen LogP contribution < -0.4 is 13.7 Å². The normalized spacial score (nSPS) is 11.8. The van der Waals surface area contributed by atoms with Crippen LogP contribution in [0.2, 0.25) is 0 Å². The fourth-order valence-corrected chi connectivity index (χ4v) is 4.73. The standard InChI is InChI=1S/C27H28F3NO6S/c1-18(2)16-31(26(32)22-10-5-6-11-23(22)35-3)17-19-12-13-24(36-4)25(14-19)37-38(33,34)21-9-7-8-20(15-21)27(28,29)30/h5-15,18H,16-17H2,1-4H3. The van der Waals surface area contributed by atoms with Crippen molar-refractivity contribution in [3.8, 4) is 17.2 Å². The molecule has 0 spiro atoms. The number of methoxy groups -OCH3 is 2. The van der Waals surface area contributed by atoms with Crippen LogP contribution in [0.3, 0.4) is 0 Å². The molecule has 7 nitrogen and oxygen atoms in total. The number of hydrogen-bond acceptors (Lipinski definition) is 6. The number of halogens is 3. The molecule has 38 heavy (non-hydrogen) atoms. The highest BCUT2D eigenvalue weighted by atomic mass is 32.2. The number of benzene rings is 3. The van der Waals surface area contributed by atoms with Gasteiger partial charge in [-0.05, 0) is 53.9 Å². The summed E-state index contributed by atoms with van der Waals surface area (Å²) in [7, 11) is -1.87.